The van der Waals surface area contributed by atoms with Gasteiger partial charge in [0.1, 0.15) is 0 Å². The van der Waals surface area contributed by atoms with E-state index in [1.165, 1.54) is 30.1 Å². The van der Waals surface area contributed by atoms with Gasteiger partial charge in [0.15, 0.2) is 11.5 Å². The van der Waals surface area contributed by atoms with Crippen LogP contribution in [0.1, 0.15) is 11.1 Å². The Hall–Kier alpha value is -2.90. The standard InChI is InChI=1S/C17H15F3N2O3/c1-22(9-11-4-2-3-5-13(11)17(18,19)20)16(23)21-12-6-7-14-15(8-12)25-10-24-14/h2-8H,9-10H2,1H3,(H,21,23). The lowest BCUT2D eigenvalue weighted by Crippen LogP contribution is -2.31. The van der Waals surface area contributed by atoms with Crippen LogP contribution in [0.4, 0.5) is 23.7 Å². The number of carbonyl (C=O) groups is 1. The first-order chi connectivity index (χ1) is 11.8. The van der Waals surface area contributed by atoms with Crippen LogP contribution >= 0.6 is 0 Å². The van der Waals surface area contributed by atoms with Gasteiger partial charge in [0, 0.05) is 25.3 Å². The molecule has 0 saturated carbocycles. The molecule has 25 heavy (non-hydrogen) atoms. The summed E-state index contributed by atoms with van der Waals surface area (Å²) in [6.45, 7) is -0.0626. The lowest BCUT2D eigenvalue weighted by atomic mass is 10.1. The minimum absolute atomic E-state index is 0.0262. The number of halogens is 3. The summed E-state index contributed by atoms with van der Waals surface area (Å²) < 4.78 is 49.5. The zero-order valence-electron chi connectivity index (χ0n) is 13.3. The number of ether oxygens (including phenoxy) is 2. The van der Waals surface area contributed by atoms with E-state index in [2.05, 4.69) is 5.32 Å². The van der Waals surface area contributed by atoms with Crippen LogP contribution in [0.25, 0.3) is 0 Å². The molecule has 3 rings (SSSR count). The maximum absolute atomic E-state index is 13.0. The monoisotopic (exact) mass is 352 g/mol. The van der Waals surface area contributed by atoms with Crippen LogP contribution in [0.2, 0.25) is 0 Å². The van der Waals surface area contributed by atoms with Crippen LogP contribution in [0.5, 0.6) is 11.5 Å². The Bertz CT molecular complexity index is 793. The summed E-state index contributed by atoms with van der Waals surface area (Å²) in [4.78, 5) is 13.4. The van der Waals surface area contributed by atoms with E-state index in [4.69, 9.17) is 9.47 Å². The van der Waals surface area contributed by atoms with Crippen molar-refractivity contribution in [1.82, 2.24) is 4.90 Å². The highest BCUT2D eigenvalue weighted by molar-refractivity contribution is 5.89. The number of benzene rings is 2. The second kappa shape index (κ2) is 6.54. The topological polar surface area (TPSA) is 50.8 Å². The summed E-state index contributed by atoms with van der Waals surface area (Å²) in [7, 11) is 1.43. The van der Waals surface area contributed by atoms with Crippen molar-refractivity contribution in [3.8, 4) is 11.5 Å². The molecule has 0 atom stereocenters. The molecule has 0 spiro atoms. The molecule has 132 valence electrons. The third-order valence-corrected chi connectivity index (χ3v) is 3.70. The summed E-state index contributed by atoms with van der Waals surface area (Å²) in [6, 6.07) is 9.52. The van der Waals surface area contributed by atoms with E-state index in [0.29, 0.717) is 17.2 Å². The van der Waals surface area contributed by atoms with Crippen LogP contribution in [0.3, 0.4) is 0 Å². The molecule has 5 nitrogen and oxygen atoms in total. The molecule has 0 radical (unpaired) electrons. The van der Waals surface area contributed by atoms with E-state index in [1.807, 2.05) is 0 Å². The van der Waals surface area contributed by atoms with Crippen molar-refractivity contribution >= 4 is 11.7 Å². The Morgan fingerprint density at radius 3 is 2.64 bits per heavy atom. The number of hydrogen-bond donors (Lipinski definition) is 1. The van der Waals surface area contributed by atoms with Crippen molar-refractivity contribution in [2.45, 2.75) is 12.7 Å². The SMILES string of the molecule is CN(Cc1ccccc1C(F)(F)F)C(=O)Nc1ccc2c(c1)OCO2. The van der Waals surface area contributed by atoms with Crippen LogP contribution in [-0.4, -0.2) is 24.8 Å². The number of anilines is 1. The highest BCUT2D eigenvalue weighted by Crippen LogP contribution is 2.34. The fraction of sp³-hybridized carbons (Fsp3) is 0.235. The lowest BCUT2D eigenvalue weighted by molar-refractivity contribution is -0.138. The van der Waals surface area contributed by atoms with Gasteiger partial charge in [-0.2, -0.15) is 13.2 Å². The first-order valence-corrected chi connectivity index (χ1v) is 7.41. The van der Waals surface area contributed by atoms with Gasteiger partial charge in [0.25, 0.3) is 0 Å². The number of nitrogens with zero attached hydrogens (tertiary/aromatic N) is 1. The van der Waals surface area contributed by atoms with Crippen LogP contribution < -0.4 is 14.8 Å². The quantitative estimate of drug-likeness (QED) is 0.905. The zero-order valence-corrected chi connectivity index (χ0v) is 13.3. The third kappa shape index (κ3) is 3.78. The van der Waals surface area contributed by atoms with Gasteiger partial charge in [-0.3, -0.25) is 0 Å². The molecule has 2 aromatic carbocycles. The molecule has 0 aliphatic carbocycles. The highest BCUT2D eigenvalue weighted by atomic mass is 19.4. The molecule has 0 aromatic heterocycles. The summed E-state index contributed by atoms with van der Waals surface area (Å²) in [5.41, 5.74) is -0.263. The van der Waals surface area contributed by atoms with E-state index >= 15 is 0 Å². The smallest absolute Gasteiger partial charge is 0.416 e. The summed E-state index contributed by atoms with van der Waals surface area (Å²) in [5.74, 6) is 1.08. The van der Waals surface area contributed by atoms with Gasteiger partial charge in [-0.1, -0.05) is 18.2 Å². The Morgan fingerprint density at radius 2 is 1.88 bits per heavy atom. The summed E-state index contributed by atoms with van der Waals surface area (Å²) in [5, 5.41) is 2.62. The minimum Gasteiger partial charge on any atom is -0.454 e. The van der Waals surface area contributed by atoms with Gasteiger partial charge >= 0.3 is 12.2 Å². The molecule has 0 saturated heterocycles. The first kappa shape index (κ1) is 16.9. The number of nitrogens with one attached hydrogen (secondary N) is 1. The molecule has 1 aliphatic rings. The molecule has 0 fully saturated rings. The fourth-order valence-electron chi connectivity index (χ4n) is 2.46. The number of alkyl halides is 3. The largest absolute Gasteiger partial charge is 0.454 e. The van der Waals surface area contributed by atoms with E-state index < -0.39 is 17.8 Å². The second-order valence-electron chi connectivity index (χ2n) is 5.51. The number of amides is 2. The molecular formula is C17H15F3N2O3. The van der Waals surface area contributed by atoms with Gasteiger partial charge in [-0.15, -0.1) is 0 Å². The number of urea groups is 1. The Morgan fingerprint density at radius 1 is 1.16 bits per heavy atom. The Balaban J connectivity index is 1.69. The molecule has 0 bridgehead atoms. The Kier molecular flexibility index (Phi) is 4.43. The predicted octanol–water partition coefficient (Wildman–Crippen LogP) is 4.10. The molecule has 2 aromatic rings. The van der Waals surface area contributed by atoms with Crippen molar-refractivity contribution in [1.29, 1.82) is 0 Å². The van der Waals surface area contributed by atoms with Gasteiger partial charge < -0.3 is 19.7 Å². The van der Waals surface area contributed by atoms with Crippen molar-refractivity contribution in [3.05, 3.63) is 53.6 Å². The van der Waals surface area contributed by atoms with Crippen LogP contribution in [-0.2, 0) is 12.7 Å². The van der Waals surface area contributed by atoms with Gasteiger partial charge in [0.05, 0.1) is 5.56 Å². The third-order valence-electron chi connectivity index (χ3n) is 3.70. The van der Waals surface area contributed by atoms with Gasteiger partial charge in [0.2, 0.25) is 6.79 Å². The Labute approximate surface area is 142 Å². The second-order valence-corrected chi connectivity index (χ2v) is 5.51. The minimum atomic E-state index is -4.47. The normalized spacial score (nSPS) is 12.8. The maximum atomic E-state index is 13.0. The summed E-state index contributed by atoms with van der Waals surface area (Å²) >= 11 is 0. The van der Waals surface area contributed by atoms with Gasteiger partial charge in [-0.25, -0.2) is 4.79 Å². The molecule has 2 amide bonds. The van der Waals surface area contributed by atoms with E-state index in [-0.39, 0.29) is 18.9 Å². The predicted molar refractivity (Wildman–Crippen MR) is 84.5 cm³/mol. The number of fused-ring (bicyclic) bond motifs is 1. The highest BCUT2D eigenvalue weighted by Gasteiger charge is 2.33. The van der Waals surface area contributed by atoms with Crippen molar-refractivity contribution in [3.63, 3.8) is 0 Å². The molecule has 1 heterocycles. The fourth-order valence-corrected chi connectivity index (χ4v) is 2.46. The van der Waals surface area contributed by atoms with Crippen molar-refractivity contribution < 1.29 is 27.4 Å². The zero-order chi connectivity index (χ0) is 18.0. The number of carbonyl (C=O) groups excluding carboxylic acids is 1. The molecule has 1 aliphatic heterocycles. The van der Waals surface area contributed by atoms with E-state index in [1.54, 1.807) is 18.2 Å². The maximum Gasteiger partial charge on any atom is 0.416 e. The number of rotatable bonds is 3. The summed E-state index contributed by atoms with van der Waals surface area (Å²) in [6.07, 6.45) is -4.47. The van der Waals surface area contributed by atoms with Gasteiger partial charge in [-0.05, 0) is 23.8 Å². The van der Waals surface area contributed by atoms with E-state index in [9.17, 15) is 18.0 Å². The molecule has 8 heteroatoms. The number of hydrogen-bond acceptors (Lipinski definition) is 3. The van der Waals surface area contributed by atoms with E-state index in [0.717, 1.165) is 6.07 Å². The lowest BCUT2D eigenvalue weighted by Gasteiger charge is -2.20. The average molecular weight is 352 g/mol. The van der Waals surface area contributed by atoms with Crippen molar-refractivity contribution in [2.75, 3.05) is 19.2 Å². The molecule has 0 unspecified atom stereocenters. The van der Waals surface area contributed by atoms with Crippen LogP contribution in [0.15, 0.2) is 42.5 Å². The first-order valence-electron chi connectivity index (χ1n) is 7.41. The average Bonchev–Trinajstić information content (AvgIpc) is 3.02. The molecule has 1 N–H and O–H groups in total. The molecular weight excluding hydrogens is 337 g/mol. The van der Waals surface area contributed by atoms with Crippen LogP contribution in [0, 0.1) is 0 Å². The van der Waals surface area contributed by atoms with Crippen molar-refractivity contribution in [2.24, 2.45) is 0 Å².